The molecule has 0 fully saturated rings. The van der Waals surface area contributed by atoms with Gasteiger partial charge < -0.3 is 0 Å². The number of aromatic nitrogens is 1. The minimum Gasteiger partial charge on any atom is -0.298 e. The lowest BCUT2D eigenvalue weighted by atomic mass is 10.2. The van der Waals surface area contributed by atoms with Crippen molar-refractivity contribution in [3.8, 4) is 0 Å². The van der Waals surface area contributed by atoms with Crippen LogP contribution in [-0.4, -0.2) is 10.9 Å². The third kappa shape index (κ3) is 3.33. The van der Waals surface area contributed by atoms with Gasteiger partial charge in [0.1, 0.15) is 0 Å². The summed E-state index contributed by atoms with van der Waals surface area (Å²) in [5, 5.41) is 5.38. The van der Waals surface area contributed by atoms with E-state index in [0.717, 1.165) is 0 Å². The van der Waals surface area contributed by atoms with Crippen LogP contribution in [0.1, 0.15) is 16.1 Å². The van der Waals surface area contributed by atoms with Gasteiger partial charge in [-0.15, -0.1) is 22.9 Å². The molecule has 2 aromatic rings. The number of nitrogens with zero attached hydrogens (tertiary/aromatic N) is 1. The molecular weight excluding hydrogens is 350 g/mol. The smallest absolute Gasteiger partial charge is 0.260 e. The zero-order valence-electron chi connectivity index (χ0n) is 9.21. The van der Waals surface area contributed by atoms with Gasteiger partial charge in [-0.3, -0.25) is 10.1 Å². The van der Waals surface area contributed by atoms with Gasteiger partial charge in [0.2, 0.25) is 0 Å². The van der Waals surface area contributed by atoms with Crippen molar-refractivity contribution >= 4 is 68.8 Å². The second-order valence-electron chi connectivity index (χ2n) is 3.45. The van der Waals surface area contributed by atoms with E-state index in [0.29, 0.717) is 10.8 Å². The Kier molecular flexibility index (Phi) is 4.92. The summed E-state index contributed by atoms with van der Waals surface area (Å²) in [6, 6.07) is 3.04. The summed E-state index contributed by atoms with van der Waals surface area (Å²) >= 11 is 24.7. The first-order valence-corrected chi connectivity index (χ1v) is 7.53. The van der Waals surface area contributed by atoms with E-state index < -0.39 is 5.91 Å². The predicted octanol–water partition coefficient (Wildman–Crippen LogP) is 5.09. The fourth-order valence-electron chi connectivity index (χ4n) is 1.32. The maximum absolute atomic E-state index is 12.1. The number of benzene rings is 1. The van der Waals surface area contributed by atoms with Gasteiger partial charge in [0.25, 0.3) is 5.91 Å². The van der Waals surface area contributed by atoms with Crippen LogP contribution in [0.4, 0.5) is 5.13 Å². The van der Waals surface area contributed by atoms with Gasteiger partial charge in [-0.25, -0.2) is 4.98 Å². The number of carbonyl (C=O) groups is 1. The van der Waals surface area contributed by atoms with Crippen molar-refractivity contribution in [2.75, 3.05) is 5.32 Å². The highest BCUT2D eigenvalue weighted by atomic mass is 35.5. The fraction of sp³-hybridized carbons (Fsp3) is 0.0909. The van der Waals surface area contributed by atoms with Gasteiger partial charge in [-0.05, 0) is 12.1 Å². The first kappa shape index (κ1) is 14.9. The lowest BCUT2D eigenvalue weighted by Gasteiger charge is -2.07. The summed E-state index contributed by atoms with van der Waals surface area (Å²) < 4.78 is 0. The molecule has 0 aliphatic carbocycles. The highest BCUT2D eigenvalue weighted by Gasteiger charge is 2.18. The van der Waals surface area contributed by atoms with Gasteiger partial charge in [0, 0.05) is 5.38 Å². The first-order chi connectivity index (χ1) is 9.02. The average molecular weight is 356 g/mol. The van der Waals surface area contributed by atoms with Crippen molar-refractivity contribution in [1.82, 2.24) is 4.98 Å². The maximum atomic E-state index is 12.1. The number of carbonyl (C=O) groups excluding carboxylic acids is 1. The van der Waals surface area contributed by atoms with Gasteiger partial charge in [-0.2, -0.15) is 0 Å². The van der Waals surface area contributed by atoms with Crippen LogP contribution in [0.2, 0.25) is 15.1 Å². The van der Waals surface area contributed by atoms with Gasteiger partial charge in [0.15, 0.2) is 5.13 Å². The molecule has 100 valence electrons. The van der Waals surface area contributed by atoms with Gasteiger partial charge in [0.05, 0.1) is 32.2 Å². The minimum absolute atomic E-state index is 0.112. The number of amides is 1. The van der Waals surface area contributed by atoms with E-state index in [1.54, 1.807) is 5.38 Å². The Bertz CT molecular complexity index is 629. The monoisotopic (exact) mass is 354 g/mol. The highest BCUT2D eigenvalue weighted by molar-refractivity contribution is 7.14. The Labute approximate surface area is 133 Å². The number of anilines is 1. The van der Waals surface area contributed by atoms with E-state index in [1.807, 2.05) is 0 Å². The molecule has 0 saturated carbocycles. The Morgan fingerprint density at radius 1 is 1.26 bits per heavy atom. The molecule has 0 spiro atoms. The van der Waals surface area contributed by atoms with Crippen LogP contribution in [0.5, 0.6) is 0 Å². The van der Waals surface area contributed by atoms with Crippen LogP contribution in [0, 0.1) is 0 Å². The zero-order valence-corrected chi connectivity index (χ0v) is 13.1. The van der Waals surface area contributed by atoms with E-state index in [9.17, 15) is 4.79 Å². The lowest BCUT2D eigenvalue weighted by Crippen LogP contribution is -2.13. The van der Waals surface area contributed by atoms with E-state index >= 15 is 0 Å². The predicted molar refractivity (Wildman–Crippen MR) is 81.1 cm³/mol. The van der Waals surface area contributed by atoms with Crippen molar-refractivity contribution < 1.29 is 4.79 Å². The Morgan fingerprint density at radius 3 is 2.58 bits per heavy atom. The number of hydrogen-bond donors (Lipinski definition) is 1. The van der Waals surface area contributed by atoms with E-state index in [1.165, 1.54) is 23.5 Å². The largest absolute Gasteiger partial charge is 0.298 e. The topological polar surface area (TPSA) is 42.0 Å². The van der Waals surface area contributed by atoms with Crippen LogP contribution < -0.4 is 5.32 Å². The summed E-state index contributed by atoms with van der Waals surface area (Å²) in [6.07, 6.45) is 0. The molecule has 1 aromatic heterocycles. The molecule has 0 radical (unpaired) electrons. The van der Waals surface area contributed by atoms with E-state index in [-0.39, 0.29) is 26.5 Å². The number of alkyl halides is 1. The number of nitrogens with one attached hydrogen (secondary N) is 1. The molecule has 1 aromatic carbocycles. The number of rotatable bonds is 3. The quantitative estimate of drug-likeness (QED) is 0.615. The van der Waals surface area contributed by atoms with Crippen molar-refractivity contribution in [1.29, 1.82) is 0 Å². The first-order valence-electron chi connectivity index (χ1n) is 4.98. The van der Waals surface area contributed by atoms with Crippen molar-refractivity contribution in [2.45, 2.75) is 5.88 Å². The van der Waals surface area contributed by atoms with Crippen LogP contribution in [-0.2, 0) is 5.88 Å². The molecule has 1 amide bonds. The summed E-state index contributed by atoms with van der Waals surface area (Å²) in [5.41, 5.74) is 0.809. The second-order valence-corrected chi connectivity index (χ2v) is 5.77. The zero-order chi connectivity index (χ0) is 14.0. The third-order valence-corrected chi connectivity index (χ3v) is 4.38. The van der Waals surface area contributed by atoms with Crippen LogP contribution in [0.3, 0.4) is 0 Å². The van der Waals surface area contributed by atoms with Crippen LogP contribution in [0.15, 0.2) is 17.5 Å². The van der Waals surface area contributed by atoms with Crippen LogP contribution >= 0.6 is 57.7 Å². The molecule has 0 aliphatic heterocycles. The van der Waals surface area contributed by atoms with Crippen LogP contribution in [0.25, 0.3) is 0 Å². The summed E-state index contributed by atoms with van der Waals surface area (Å²) in [6.45, 7) is 0. The second kappa shape index (κ2) is 6.29. The fourth-order valence-corrected chi connectivity index (χ4v) is 2.95. The van der Waals surface area contributed by atoms with E-state index in [4.69, 9.17) is 46.4 Å². The average Bonchev–Trinajstić information content (AvgIpc) is 2.82. The Balaban J connectivity index is 2.27. The number of halogens is 4. The summed E-state index contributed by atoms with van der Waals surface area (Å²) in [7, 11) is 0. The molecule has 0 unspecified atom stereocenters. The molecule has 8 heteroatoms. The molecule has 19 heavy (non-hydrogen) atoms. The maximum Gasteiger partial charge on any atom is 0.260 e. The molecule has 0 saturated heterocycles. The van der Waals surface area contributed by atoms with Gasteiger partial charge >= 0.3 is 0 Å². The molecule has 1 N–H and O–H groups in total. The van der Waals surface area contributed by atoms with E-state index in [2.05, 4.69) is 10.3 Å². The summed E-state index contributed by atoms with van der Waals surface area (Å²) in [5.74, 6) is -0.182. The van der Waals surface area contributed by atoms with Gasteiger partial charge in [-0.1, -0.05) is 34.8 Å². The number of thiazole rings is 1. The highest BCUT2D eigenvalue weighted by Crippen LogP contribution is 2.32. The molecule has 2 rings (SSSR count). The Morgan fingerprint density at radius 2 is 1.95 bits per heavy atom. The number of hydrogen-bond acceptors (Lipinski definition) is 3. The molecular formula is C11H6Cl4N2OS. The normalized spacial score (nSPS) is 10.5. The SMILES string of the molecule is O=C(Nc1nc(CCl)cs1)c1c(Cl)ccc(Cl)c1Cl. The molecule has 0 aliphatic rings. The standard InChI is InChI=1S/C11H6Cl4N2OS/c12-3-5-4-19-11(16-5)17-10(18)8-6(13)1-2-7(14)9(8)15/h1-2,4H,3H2,(H,16,17,18). The van der Waals surface area contributed by atoms with Crippen molar-refractivity contribution in [3.05, 3.63) is 43.8 Å². The van der Waals surface area contributed by atoms with Crippen molar-refractivity contribution in [3.63, 3.8) is 0 Å². The molecule has 1 heterocycles. The molecule has 0 bridgehead atoms. The third-order valence-electron chi connectivity index (χ3n) is 2.18. The lowest BCUT2D eigenvalue weighted by molar-refractivity contribution is 0.102. The Hall–Kier alpha value is -0.520. The summed E-state index contributed by atoms with van der Waals surface area (Å²) in [4.78, 5) is 16.2. The molecule has 3 nitrogen and oxygen atoms in total. The molecule has 0 atom stereocenters. The van der Waals surface area contributed by atoms with Crippen molar-refractivity contribution in [2.24, 2.45) is 0 Å². The minimum atomic E-state index is -0.465.